The van der Waals surface area contributed by atoms with Crippen molar-refractivity contribution in [1.29, 1.82) is 0 Å². The summed E-state index contributed by atoms with van der Waals surface area (Å²) in [6.07, 6.45) is 0. The molecule has 14 heavy (non-hydrogen) atoms. The summed E-state index contributed by atoms with van der Waals surface area (Å²) in [5, 5.41) is 0. The van der Waals surface area contributed by atoms with Crippen LogP contribution in [0, 0.1) is 6.58 Å². The van der Waals surface area contributed by atoms with Crippen molar-refractivity contribution in [3.05, 3.63) is 42.9 Å². The normalized spacial score (nSPS) is 10.8. The molecule has 1 aromatic carbocycles. The number of hydrogen-bond donors (Lipinski definition) is 0. The summed E-state index contributed by atoms with van der Waals surface area (Å²) in [5.74, 6) is 0.710. The molecule has 3 heteroatoms. The van der Waals surface area contributed by atoms with E-state index in [1.165, 1.54) is 0 Å². The van der Waals surface area contributed by atoms with E-state index in [4.69, 9.17) is 16.2 Å². The topological polar surface area (TPSA) is 18.5 Å². The van der Waals surface area contributed by atoms with Crippen molar-refractivity contribution < 1.29 is 14.2 Å². The average molecular weight is 193 g/mol. The lowest BCUT2D eigenvalue weighted by Crippen LogP contribution is -2.34. The molecule has 0 bridgehead atoms. The molecule has 0 atom stereocenters. The van der Waals surface area contributed by atoms with E-state index >= 15 is 0 Å². The first-order chi connectivity index (χ1) is 6.47. The Balaban J connectivity index is 2.50. The minimum absolute atomic E-state index is 0.0451. The summed E-state index contributed by atoms with van der Waals surface area (Å²) >= 11 is 0. The van der Waals surface area contributed by atoms with Crippen LogP contribution in [0.3, 0.4) is 0 Å². The van der Waals surface area contributed by atoms with Crippen LogP contribution in [0.25, 0.3) is 0 Å². The maximum absolute atomic E-state index is 5.55. The first-order valence-electron chi connectivity index (χ1n) is 4.34. The van der Waals surface area contributed by atoms with Crippen molar-refractivity contribution in [1.82, 2.24) is 0 Å². The van der Waals surface area contributed by atoms with Crippen LogP contribution in [-0.4, -0.2) is 25.8 Å². The Morgan fingerprint density at radius 3 is 2.21 bits per heavy atom. The second-order valence-electron chi connectivity index (χ2n) is 3.71. The number of hydrogen-bond acceptors (Lipinski definition) is 2. The Hall–Kier alpha value is -1.48. The van der Waals surface area contributed by atoms with Crippen LogP contribution in [0.5, 0.6) is 5.75 Å². The van der Waals surface area contributed by atoms with E-state index in [0.717, 1.165) is 0 Å². The van der Waals surface area contributed by atoms with Crippen molar-refractivity contribution in [3.8, 4) is 5.75 Å². The molecule has 0 saturated carbocycles. The lowest BCUT2D eigenvalue weighted by atomic mass is 10.3. The molecule has 0 unspecified atom stereocenters. The van der Waals surface area contributed by atoms with Gasteiger partial charge in [-0.1, -0.05) is 18.2 Å². The van der Waals surface area contributed by atoms with Gasteiger partial charge in [0.2, 0.25) is 0 Å². The van der Waals surface area contributed by atoms with Gasteiger partial charge in [0.1, 0.15) is 26.9 Å². The molecule has 1 aromatic rings. The SMILES string of the molecule is [CH-]=C(Oc1ccccc1)O[N+](C)(C)C. The Kier molecular flexibility index (Phi) is 3.14. The minimum atomic E-state index is 0.0451. The standard InChI is InChI=1S/C11H15NO2/c1-10(14-12(2,3)4)13-11-8-6-5-7-9-11/h1,5-9H,2-4H3. The minimum Gasteiger partial charge on any atom is -0.452 e. The van der Waals surface area contributed by atoms with Crippen molar-refractivity contribution >= 4 is 0 Å². The van der Waals surface area contributed by atoms with Gasteiger partial charge in [-0.3, -0.25) is 0 Å². The fourth-order valence-electron chi connectivity index (χ4n) is 0.893. The molecule has 3 nitrogen and oxygen atoms in total. The quantitative estimate of drug-likeness (QED) is 0.315. The Labute approximate surface area is 84.7 Å². The predicted molar refractivity (Wildman–Crippen MR) is 54.0 cm³/mol. The third-order valence-electron chi connectivity index (χ3n) is 1.33. The molecule has 0 radical (unpaired) electrons. The van der Waals surface area contributed by atoms with E-state index < -0.39 is 0 Å². The molecule has 0 aliphatic heterocycles. The first-order valence-corrected chi connectivity index (χ1v) is 4.34. The second kappa shape index (κ2) is 4.15. The fourth-order valence-corrected chi connectivity index (χ4v) is 0.893. The number of hydroxylamine groups is 3. The van der Waals surface area contributed by atoms with Gasteiger partial charge in [0.05, 0.1) is 0 Å². The molecule has 0 aliphatic rings. The van der Waals surface area contributed by atoms with Crippen LogP contribution in [0.2, 0.25) is 0 Å². The Morgan fingerprint density at radius 2 is 1.71 bits per heavy atom. The summed E-state index contributed by atoms with van der Waals surface area (Å²) in [5.41, 5.74) is 0. The van der Waals surface area contributed by atoms with Crippen molar-refractivity contribution in [2.45, 2.75) is 0 Å². The Morgan fingerprint density at radius 1 is 1.14 bits per heavy atom. The molecule has 0 amide bonds. The molecule has 0 spiro atoms. The second-order valence-corrected chi connectivity index (χ2v) is 3.71. The predicted octanol–water partition coefficient (Wildman–Crippen LogP) is 1.98. The van der Waals surface area contributed by atoms with Crippen molar-refractivity contribution in [3.63, 3.8) is 0 Å². The largest absolute Gasteiger partial charge is 0.452 e. The van der Waals surface area contributed by atoms with E-state index in [1.54, 1.807) is 0 Å². The Bertz CT molecular complexity index is 301. The van der Waals surface area contributed by atoms with Gasteiger partial charge in [0.25, 0.3) is 0 Å². The molecule has 0 aliphatic carbocycles. The molecule has 1 rings (SSSR count). The molecule has 0 N–H and O–H groups in total. The summed E-state index contributed by atoms with van der Waals surface area (Å²) in [6, 6.07) is 9.27. The van der Waals surface area contributed by atoms with Gasteiger partial charge in [0, 0.05) is 0 Å². The molecule has 76 valence electrons. The zero-order chi connectivity index (χ0) is 10.6. The molecule has 0 fully saturated rings. The number of ether oxygens (including phenoxy) is 1. The molecular weight excluding hydrogens is 178 g/mol. The van der Waals surface area contributed by atoms with E-state index in [1.807, 2.05) is 51.5 Å². The van der Waals surface area contributed by atoms with Gasteiger partial charge in [-0.25, -0.2) is 0 Å². The van der Waals surface area contributed by atoms with Crippen LogP contribution in [0.1, 0.15) is 0 Å². The maximum Gasteiger partial charge on any atom is 0.161 e. The van der Waals surface area contributed by atoms with E-state index in [2.05, 4.69) is 0 Å². The van der Waals surface area contributed by atoms with Crippen LogP contribution in [-0.2, 0) is 4.84 Å². The highest BCUT2D eigenvalue weighted by molar-refractivity contribution is 5.21. The van der Waals surface area contributed by atoms with E-state index in [0.29, 0.717) is 5.75 Å². The summed E-state index contributed by atoms with van der Waals surface area (Å²) in [6.45, 7) is 5.55. The first kappa shape index (κ1) is 10.6. The smallest absolute Gasteiger partial charge is 0.161 e. The maximum atomic E-state index is 5.55. The van der Waals surface area contributed by atoms with Crippen LogP contribution < -0.4 is 4.74 Å². The highest BCUT2D eigenvalue weighted by atomic mass is 16.8. The number of para-hydroxylation sites is 1. The number of nitrogens with zero attached hydrogens (tertiary/aromatic N) is 1. The van der Waals surface area contributed by atoms with Gasteiger partial charge < -0.3 is 16.2 Å². The average Bonchev–Trinajstić information content (AvgIpc) is 2.02. The van der Waals surface area contributed by atoms with E-state index in [9.17, 15) is 0 Å². The lowest BCUT2D eigenvalue weighted by molar-refractivity contribution is -1.06. The fraction of sp³-hybridized carbons (Fsp3) is 0.273. The van der Waals surface area contributed by atoms with Gasteiger partial charge >= 0.3 is 0 Å². The van der Waals surface area contributed by atoms with Gasteiger partial charge in [-0.2, -0.15) is 0 Å². The monoisotopic (exact) mass is 193 g/mol. The highest BCUT2D eigenvalue weighted by Gasteiger charge is 2.07. The van der Waals surface area contributed by atoms with Gasteiger partial charge in [-0.05, 0) is 12.1 Å². The summed E-state index contributed by atoms with van der Waals surface area (Å²) in [4.78, 5) is 5.25. The number of benzene rings is 1. The molecule has 0 saturated heterocycles. The van der Waals surface area contributed by atoms with Crippen molar-refractivity contribution in [2.75, 3.05) is 21.1 Å². The third kappa shape index (κ3) is 3.96. The van der Waals surface area contributed by atoms with Crippen molar-refractivity contribution in [2.24, 2.45) is 0 Å². The molecule has 0 heterocycles. The third-order valence-corrected chi connectivity index (χ3v) is 1.33. The summed E-state index contributed by atoms with van der Waals surface area (Å²) in [7, 11) is 5.55. The summed E-state index contributed by atoms with van der Waals surface area (Å²) < 4.78 is 5.51. The van der Waals surface area contributed by atoms with Crippen LogP contribution in [0.4, 0.5) is 0 Å². The zero-order valence-electron chi connectivity index (χ0n) is 8.73. The van der Waals surface area contributed by atoms with Crippen LogP contribution >= 0.6 is 0 Å². The molecular formula is C11H15NO2. The lowest BCUT2D eigenvalue weighted by Gasteiger charge is -2.26. The highest BCUT2D eigenvalue weighted by Crippen LogP contribution is 2.13. The van der Waals surface area contributed by atoms with Gasteiger partial charge in [0.15, 0.2) is 5.95 Å². The van der Waals surface area contributed by atoms with E-state index in [-0.39, 0.29) is 10.6 Å². The number of quaternary nitrogens is 1. The van der Waals surface area contributed by atoms with Crippen LogP contribution in [0.15, 0.2) is 36.3 Å². The zero-order valence-corrected chi connectivity index (χ0v) is 8.73. The van der Waals surface area contributed by atoms with Gasteiger partial charge in [-0.15, -0.1) is 4.65 Å². The number of rotatable bonds is 4. The molecule has 0 aromatic heterocycles.